The molecule has 0 radical (unpaired) electrons. The van der Waals surface area contributed by atoms with Crippen LogP contribution in [0.25, 0.3) is 10.2 Å². The summed E-state index contributed by atoms with van der Waals surface area (Å²) in [6, 6.07) is 13.2. The van der Waals surface area contributed by atoms with Crippen molar-refractivity contribution in [2.75, 3.05) is 38.7 Å². The highest BCUT2D eigenvalue weighted by molar-refractivity contribution is 7.22. The highest BCUT2D eigenvalue weighted by Crippen LogP contribution is 2.31. The van der Waals surface area contributed by atoms with Crippen LogP contribution < -0.4 is 9.64 Å². The summed E-state index contributed by atoms with van der Waals surface area (Å²) in [5, 5.41) is 1.32. The van der Waals surface area contributed by atoms with E-state index in [2.05, 4.69) is 4.98 Å². The molecule has 8 heteroatoms. The lowest BCUT2D eigenvalue weighted by Gasteiger charge is -2.22. The number of aromatic nitrogens is 1. The molecular weight excluding hydrogens is 417 g/mol. The third-order valence-corrected chi connectivity index (χ3v) is 5.36. The van der Waals surface area contributed by atoms with E-state index >= 15 is 0 Å². The molecule has 2 aromatic carbocycles. The van der Waals surface area contributed by atoms with Gasteiger partial charge in [0.1, 0.15) is 5.75 Å². The van der Waals surface area contributed by atoms with Crippen molar-refractivity contribution in [2.45, 2.75) is 6.92 Å². The molecular formula is C20H23Cl2N3O2S. The van der Waals surface area contributed by atoms with Crippen molar-refractivity contribution in [2.24, 2.45) is 0 Å². The first-order chi connectivity index (χ1) is 12.9. The lowest BCUT2D eigenvalue weighted by Crippen LogP contribution is -2.39. The monoisotopic (exact) mass is 439 g/mol. The Morgan fingerprint density at radius 1 is 1.18 bits per heavy atom. The van der Waals surface area contributed by atoms with E-state index < -0.39 is 0 Å². The van der Waals surface area contributed by atoms with E-state index in [1.807, 2.05) is 62.3 Å². The highest BCUT2D eigenvalue weighted by Gasteiger charge is 2.20. The summed E-state index contributed by atoms with van der Waals surface area (Å²) in [6.45, 7) is 3.19. The van der Waals surface area contributed by atoms with Crippen LogP contribution in [0.4, 0.5) is 5.13 Å². The molecule has 1 aromatic heterocycles. The van der Waals surface area contributed by atoms with Gasteiger partial charge in [-0.2, -0.15) is 0 Å². The van der Waals surface area contributed by atoms with Gasteiger partial charge >= 0.3 is 0 Å². The van der Waals surface area contributed by atoms with Gasteiger partial charge in [0.05, 0.1) is 10.2 Å². The number of carbonyl (C=O) groups is 1. The van der Waals surface area contributed by atoms with Crippen LogP contribution in [0.1, 0.15) is 5.56 Å². The normalized spacial score (nSPS) is 10.8. The Morgan fingerprint density at radius 3 is 2.64 bits per heavy atom. The zero-order valence-electron chi connectivity index (χ0n) is 16.0. The number of aryl methyl sites for hydroxylation is 1. The van der Waals surface area contributed by atoms with Gasteiger partial charge in [0, 0.05) is 18.1 Å². The van der Waals surface area contributed by atoms with Crippen molar-refractivity contribution < 1.29 is 9.53 Å². The first-order valence-corrected chi connectivity index (χ1v) is 9.83. The van der Waals surface area contributed by atoms with E-state index in [0.29, 0.717) is 16.7 Å². The third-order valence-electron chi connectivity index (χ3n) is 4.09. The zero-order chi connectivity index (χ0) is 19.4. The second-order valence-corrected chi connectivity index (χ2v) is 7.96. The van der Waals surface area contributed by atoms with E-state index in [4.69, 9.17) is 16.3 Å². The number of hydrogen-bond donors (Lipinski definition) is 0. The van der Waals surface area contributed by atoms with Crippen molar-refractivity contribution in [3.05, 3.63) is 53.1 Å². The van der Waals surface area contributed by atoms with Gasteiger partial charge in [0.25, 0.3) is 5.91 Å². The Kier molecular flexibility index (Phi) is 8.07. The SMILES string of the molecule is Cc1ccccc1OCC(=O)N(CCN(C)C)c1nc2ccc(Cl)cc2s1.Cl. The van der Waals surface area contributed by atoms with E-state index in [-0.39, 0.29) is 24.9 Å². The molecule has 28 heavy (non-hydrogen) atoms. The molecule has 1 heterocycles. The maximum Gasteiger partial charge on any atom is 0.266 e. The summed E-state index contributed by atoms with van der Waals surface area (Å²) in [5.41, 5.74) is 1.83. The van der Waals surface area contributed by atoms with Gasteiger partial charge < -0.3 is 9.64 Å². The van der Waals surface area contributed by atoms with E-state index in [1.165, 1.54) is 11.3 Å². The van der Waals surface area contributed by atoms with Crippen molar-refractivity contribution in [1.82, 2.24) is 9.88 Å². The van der Waals surface area contributed by atoms with Gasteiger partial charge in [-0.1, -0.05) is 41.1 Å². The fourth-order valence-electron chi connectivity index (χ4n) is 2.56. The van der Waals surface area contributed by atoms with Crippen LogP contribution in [-0.4, -0.2) is 49.6 Å². The number of halogens is 2. The van der Waals surface area contributed by atoms with Gasteiger partial charge in [-0.05, 0) is 50.8 Å². The Labute approximate surface area is 180 Å². The largest absolute Gasteiger partial charge is 0.483 e. The second-order valence-electron chi connectivity index (χ2n) is 6.51. The molecule has 0 aliphatic carbocycles. The predicted molar refractivity (Wildman–Crippen MR) is 119 cm³/mol. The summed E-state index contributed by atoms with van der Waals surface area (Å²) in [7, 11) is 3.95. The van der Waals surface area contributed by atoms with Crippen LogP contribution in [0.2, 0.25) is 5.02 Å². The zero-order valence-corrected chi connectivity index (χ0v) is 18.4. The number of rotatable bonds is 7. The molecule has 0 N–H and O–H groups in total. The molecule has 0 saturated carbocycles. The molecule has 5 nitrogen and oxygen atoms in total. The number of nitrogens with zero attached hydrogens (tertiary/aromatic N) is 3. The quantitative estimate of drug-likeness (QED) is 0.537. The fourth-order valence-corrected chi connectivity index (χ4v) is 3.85. The molecule has 0 aliphatic heterocycles. The average Bonchev–Trinajstić information content (AvgIpc) is 3.03. The van der Waals surface area contributed by atoms with Gasteiger partial charge in [0.15, 0.2) is 11.7 Å². The molecule has 1 amide bonds. The molecule has 0 fully saturated rings. The number of fused-ring (bicyclic) bond motifs is 1. The van der Waals surface area contributed by atoms with E-state index in [1.54, 1.807) is 11.0 Å². The number of para-hydroxylation sites is 1. The number of hydrogen-bond acceptors (Lipinski definition) is 5. The number of amides is 1. The number of anilines is 1. The summed E-state index contributed by atoms with van der Waals surface area (Å²) in [5.74, 6) is 0.597. The van der Waals surface area contributed by atoms with Crippen LogP contribution in [0.15, 0.2) is 42.5 Å². The van der Waals surface area contributed by atoms with Crippen LogP contribution in [0.5, 0.6) is 5.75 Å². The molecule has 0 spiro atoms. The minimum Gasteiger partial charge on any atom is -0.483 e. The first kappa shape index (κ1) is 22.4. The molecule has 3 rings (SSSR count). The Bertz CT molecular complexity index is 946. The van der Waals surface area contributed by atoms with Gasteiger partial charge in [-0.15, -0.1) is 12.4 Å². The number of ether oxygens (including phenoxy) is 1. The topological polar surface area (TPSA) is 45.7 Å². The molecule has 0 bridgehead atoms. The average molecular weight is 440 g/mol. The van der Waals surface area contributed by atoms with Crippen LogP contribution in [0.3, 0.4) is 0 Å². The van der Waals surface area contributed by atoms with Crippen LogP contribution >= 0.6 is 35.3 Å². The summed E-state index contributed by atoms with van der Waals surface area (Å²) >= 11 is 7.54. The molecule has 3 aromatic rings. The minimum absolute atomic E-state index is 0. The minimum atomic E-state index is -0.120. The van der Waals surface area contributed by atoms with Gasteiger partial charge in [-0.25, -0.2) is 4.98 Å². The molecule has 0 unspecified atom stereocenters. The predicted octanol–water partition coefficient (Wildman–Crippen LogP) is 4.65. The maximum atomic E-state index is 12.9. The van der Waals surface area contributed by atoms with Gasteiger partial charge in [-0.3, -0.25) is 9.69 Å². The molecule has 0 aliphatic rings. The lowest BCUT2D eigenvalue weighted by atomic mass is 10.2. The van der Waals surface area contributed by atoms with Crippen LogP contribution in [-0.2, 0) is 4.79 Å². The number of benzene rings is 2. The highest BCUT2D eigenvalue weighted by atomic mass is 35.5. The number of carbonyl (C=O) groups excluding carboxylic acids is 1. The lowest BCUT2D eigenvalue weighted by molar-refractivity contribution is -0.120. The van der Waals surface area contributed by atoms with Crippen LogP contribution in [0, 0.1) is 6.92 Å². The number of likely N-dealkylation sites (N-methyl/N-ethyl adjacent to an activating group) is 1. The molecule has 150 valence electrons. The van der Waals surface area contributed by atoms with Crippen molar-refractivity contribution in [3.63, 3.8) is 0 Å². The summed E-state index contributed by atoms with van der Waals surface area (Å²) < 4.78 is 6.71. The van der Waals surface area contributed by atoms with E-state index in [0.717, 1.165) is 28.1 Å². The maximum absolute atomic E-state index is 12.9. The van der Waals surface area contributed by atoms with Crippen molar-refractivity contribution in [3.8, 4) is 5.75 Å². The Balaban J connectivity index is 0.00000280. The Morgan fingerprint density at radius 2 is 1.93 bits per heavy atom. The summed E-state index contributed by atoms with van der Waals surface area (Å²) in [4.78, 5) is 21.2. The van der Waals surface area contributed by atoms with Gasteiger partial charge in [0.2, 0.25) is 0 Å². The van der Waals surface area contributed by atoms with E-state index in [9.17, 15) is 4.79 Å². The molecule has 0 saturated heterocycles. The summed E-state index contributed by atoms with van der Waals surface area (Å²) in [6.07, 6.45) is 0. The second kappa shape index (κ2) is 10.1. The standard InChI is InChI=1S/C20H22ClN3O2S.ClH/c1-14-6-4-5-7-17(14)26-13-19(25)24(11-10-23(2)3)20-22-16-9-8-15(21)12-18(16)27-20;/h4-9,12H,10-11,13H2,1-3H3;1H. The molecule has 0 atom stereocenters. The Hall–Kier alpha value is -1.86. The smallest absolute Gasteiger partial charge is 0.266 e. The first-order valence-electron chi connectivity index (χ1n) is 8.63. The third kappa shape index (κ3) is 5.58. The number of thiazole rings is 1. The van der Waals surface area contributed by atoms with Crippen molar-refractivity contribution in [1.29, 1.82) is 0 Å². The van der Waals surface area contributed by atoms with Crippen molar-refractivity contribution >= 4 is 56.6 Å². The fraction of sp³-hybridized carbons (Fsp3) is 0.300.